The van der Waals surface area contributed by atoms with Crippen LogP contribution in [0.3, 0.4) is 0 Å². The molecule has 1 fully saturated rings. The lowest BCUT2D eigenvalue weighted by Gasteiger charge is -2.28. The van der Waals surface area contributed by atoms with E-state index in [4.69, 9.17) is 20.0 Å². The number of nitrogens with zero attached hydrogens (tertiary/aromatic N) is 8. The lowest BCUT2D eigenvalue weighted by atomic mass is 9.76. The average molecular weight is 532 g/mol. The Morgan fingerprint density at radius 3 is 2.62 bits per heavy atom. The first-order valence-electron chi connectivity index (χ1n) is 12.9. The van der Waals surface area contributed by atoms with E-state index in [-0.39, 0.29) is 35.8 Å². The maximum Gasteiger partial charge on any atom is 0.261 e. The highest BCUT2D eigenvalue weighted by molar-refractivity contribution is 5.75. The molecule has 4 aromatic rings. The van der Waals surface area contributed by atoms with Crippen LogP contribution in [-0.2, 0) is 16.1 Å². The van der Waals surface area contributed by atoms with Crippen molar-refractivity contribution < 1.29 is 14.1 Å². The molecule has 0 aliphatic carbocycles. The molecule has 0 saturated carbocycles. The Morgan fingerprint density at radius 1 is 1.15 bits per heavy atom. The summed E-state index contributed by atoms with van der Waals surface area (Å²) in [6.45, 7) is 7.81. The molecular formula is C27H33N9O3. The highest BCUT2D eigenvalue weighted by Crippen LogP contribution is 2.40. The first-order valence-corrected chi connectivity index (χ1v) is 12.9. The topological polar surface area (TPSA) is 151 Å². The number of pyridine rings is 1. The molecule has 1 aliphatic rings. The van der Waals surface area contributed by atoms with Crippen molar-refractivity contribution in [3.05, 3.63) is 54.5 Å². The zero-order valence-electron chi connectivity index (χ0n) is 22.6. The smallest absolute Gasteiger partial charge is 0.261 e. The van der Waals surface area contributed by atoms with E-state index < -0.39 is 0 Å². The second kappa shape index (κ2) is 10.9. The van der Waals surface area contributed by atoms with Crippen LogP contribution in [-0.4, -0.2) is 72.0 Å². The molecule has 5 heterocycles. The van der Waals surface area contributed by atoms with E-state index >= 15 is 0 Å². The molecule has 1 saturated heterocycles. The third-order valence-electron chi connectivity index (χ3n) is 6.76. The van der Waals surface area contributed by atoms with Crippen LogP contribution in [0, 0.1) is 5.41 Å². The number of ether oxygens (including phenoxy) is 1. The molecule has 2 unspecified atom stereocenters. The van der Waals surface area contributed by atoms with Crippen LogP contribution in [0.5, 0.6) is 0 Å². The van der Waals surface area contributed by atoms with E-state index in [0.29, 0.717) is 23.8 Å². The molecule has 2 atom stereocenters. The molecule has 2 N–H and O–H groups in total. The van der Waals surface area contributed by atoms with Crippen molar-refractivity contribution in [1.29, 1.82) is 0 Å². The van der Waals surface area contributed by atoms with Crippen LogP contribution < -0.4 is 5.73 Å². The minimum atomic E-state index is -0.223. The quantitative estimate of drug-likeness (QED) is 0.359. The number of aromatic nitrogens is 7. The normalized spacial score (nSPS) is 16.4. The van der Waals surface area contributed by atoms with Crippen LogP contribution in [0.2, 0.25) is 0 Å². The van der Waals surface area contributed by atoms with Gasteiger partial charge in [0, 0.05) is 50.6 Å². The molecular weight excluding hydrogens is 498 g/mol. The van der Waals surface area contributed by atoms with Gasteiger partial charge in [-0.2, -0.15) is 10.1 Å². The Kier molecular flexibility index (Phi) is 7.38. The van der Waals surface area contributed by atoms with Gasteiger partial charge in [-0.1, -0.05) is 32.0 Å². The summed E-state index contributed by atoms with van der Waals surface area (Å²) in [5, 5.41) is 8.64. The van der Waals surface area contributed by atoms with Crippen LogP contribution in [0.25, 0.3) is 22.7 Å². The monoisotopic (exact) mass is 531 g/mol. The third kappa shape index (κ3) is 6.11. The summed E-state index contributed by atoms with van der Waals surface area (Å²) in [5.74, 6) is 0.884. The first kappa shape index (κ1) is 26.4. The summed E-state index contributed by atoms with van der Waals surface area (Å²) in [6, 6.07) is 3.92. The van der Waals surface area contributed by atoms with Gasteiger partial charge in [0.05, 0.1) is 29.5 Å². The van der Waals surface area contributed by atoms with Crippen LogP contribution in [0.1, 0.15) is 50.9 Å². The van der Waals surface area contributed by atoms with Crippen molar-refractivity contribution in [3.8, 4) is 22.7 Å². The zero-order chi connectivity index (χ0) is 27.6. The summed E-state index contributed by atoms with van der Waals surface area (Å²) in [7, 11) is 1.79. The fraction of sp³-hybridized carbons (Fsp3) is 0.444. The van der Waals surface area contributed by atoms with Crippen LogP contribution in [0.15, 0.2) is 47.6 Å². The van der Waals surface area contributed by atoms with Crippen molar-refractivity contribution in [1.82, 2.24) is 39.8 Å². The number of anilines is 1. The van der Waals surface area contributed by atoms with E-state index in [1.807, 2.05) is 18.3 Å². The predicted molar refractivity (Wildman–Crippen MR) is 143 cm³/mol. The number of rotatable bonds is 8. The minimum absolute atomic E-state index is 0.0411. The molecule has 12 heteroatoms. The Bertz CT molecular complexity index is 1400. The van der Waals surface area contributed by atoms with E-state index in [0.717, 1.165) is 36.3 Å². The standard InChI is InChI=1S/C27H33N9O3/c1-27(2,3)23(17-7-8-21(29-10-17)18-11-30-26(28)31-12-18)24-33-25(39-34-24)19-13-32-36(14-19)16-22(37)35(4)15-20-6-5-9-38-20/h7-8,10-14,20,23H,5-6,9,15-16H2,1-4H3,(H2,28,30,31). The van der Waals surface area contributed by atoms with E-state index in [1.165, 1.54) is 0 Å². The number of hydrogen-bond donors (Lipinski definition) is 1. The summed E-state index contributed by atoms with van der Waals surface area (Å²) < 4.78 is 12.8. The Morgan fingerprint density at radius 2 is 1.95 bits per heavy atom. The number of carbonyl (C=O) groups excluding carboxylic acids is 1. The Balaban J connectivity index is 1.30. The van der Waals surface area contributed by atoms with Crippen molar-refractivity contribution >= 4 is 11.9 Å². The first-order chi connectivity index (χ1) is 18.7. The molecule has 1 aliphatic heterocycles. The van der Waals surface area contributed by atoms with Gasteiger partial charge in [0.15, 0.2) is 5.82 Å². The lowest BCUT2D eigenvalue weighted by Crippen LogP contribution is -2.36. The van der Waals surface area contributed by atoms with Gasteiger partial charge >= 0.3 is 0 Å². The van der Waals surface area contributed by atoms with Gasteiger partial charge in [-0.05, 0) is 29.9 Å². The van der Waals surface area contributed by atoms with Crippen LogP contribution >= 0.6 is 0 Å². The fourth-order valence-electron chi connectivity index (χ4n) is 4.74. The van der Waals surface area contributed by atoms with Crippen molar-refractivity contribution in [2.24, 2.45) is 5.41 Å². The molecule has 0 aromatic carbocycles. The molecule has 4 aromatic heterocycles. The van der Waals surface area contributed by atoms with Crippen molar-refractivity contribution in [2.45, 2.75) is 52.2 Å². The number of nitrogens with two attached hydrogens (primary N) is 1. The molecule has 39 heavy (non-hydrogen) atoms. The largest absolute Gasteiger partial charge is 0.376 e. The number of likely N-dealkylation sites (N-methyl/N-ethyl adjacent to an activating group) is 1. The molecule has 12 nitrogen and oxygen atoms in total. The zero-order valence-corrected chi connectivity index (χ0v) is 22.6. The highest BCUT2D eigenvalue weighted by atomic mass is 16.5. The average Bonchev–Trinajstić information content (AvgIpc) is 3.67. The van der Waals surface area contributed by atoms with Gasteiger partial charge in [0.25, 0.3) is 5.89 Å². The summed E-state index contributed by atoms with van der Waals surface area (Å²) in [6.07, 6.45) is 10.6. The number of carbonyl (C=O) groups is 1. The number of nitrogen functional groups attached to an aromatic ring is 1. The summed E-state index contributed by atoms with van der Waals surface area (Å²) in [4.78, 5) is 31.8. The second-order valence-corrected chi connectivity index (χ2v) is 10.9. The van der Waals surface area contributed by atoms with Crippen molar-refractivity contribution in [3.63, 3.8) is 0 Å². The van der Waals surface area contributed by atoms with Gasteiger partial charge in [-0.25, -0.2) is 9.97 Å². The molecule has 204 valence electrons. The maximum absolute atomic E-state index is 12.7. The second-order valence-electron chi connectivity index (χ2n) is 10.9. The van der Waals surface area contributed by atoms with E-state index in [2.05, 4.69) is 46.0 Å². The molecule has 1 amide bonds. The molecule has 0 radical (unpaired) electrons. The van der Waals surface area contributed by atoms with Gasteiger partial charge in [0.1, 0.15) is 6.54 Å². The minimum Gasteiger partial charge on any atom is -0.376 e. The third-order valence-corrected chi connectivity index (χ3v) is 6.76. The molecule has 0 spiro atoms. The Hall–Kier alpha value is -4.19. The maximum atomic E-state index is 12.7. The summed E-state index contributed by atoms with van der Waals surface area (Å²) in [5.41, 5.74) is 8.48. The Labute approximate surface area is 226 Å². The van der Waals surface area contributed by atoms with Crippen molar-refractivity contribution in [2.75, 3.05) is 25.9 Å². The van der Waals surface area contributed by atoms with Gasteiger partial charge < -0.3 is 19.9 Å². The van der Waals surface area contributed by atoms with Crippen LogP contribution in [0.4, 0.5) is 5.95 Å². The summed E-state index contributed by atoms with van der Waals surface area (Å²) >= 11 is 0. The van der Waals surface area contributed by atoms with E-state index in [9.17, 15) is 4.79 Å². The predicted octanol–water partition coefficient (Wildman–Crippen LogP) is 3.18. The fourth-order valence-corrected chi connectivity index (χ4v) is 4.74. The molecule has 0 bridgehead atoms. The SMILES string of the molecule is CN(CC1CCCO1)C(=O)Cn1cc(-c2nc(C(c3ccc(-c4cnc(N)nc4)nc3)C(C)(C)C)no2)cn1. The van der Waals surface area contributed by atoms with Gasteiger partial charge in [-0.15, -0.1) is 0 Å². The van der Waals surface area contributed by atoms with E-state index in [1.54, 1.807) is 41.4 Å². The highest BCUT2D eigenvalue weighted by Gasteiger charge is 2.33. The lowest BCUT2D eigenvalue weighted by molar-refractivity contribution is -0.132. The number of hydrogen-bond acceptors (Lipinski definition) is 10. The number of amides is 1. The molecule has 5 rings (SSSR count). The van der Waals surface area contributed by atoms with Gasteiger partial charge in [-0.3, -0.25) is 14.5 Å². The van der Waals surface area contributed by atoms with Gasteiger partial charge in [0.2, 0.25) is 11.9 Å².